The van der Waals surface area contributed by atoms with Gasteiger partial charge in [0.1, 0.15) is 5.82 Å². The van der Waals surface area contributed by atoms with Gasteiger partial charge in [0.05, 0.1) is 12.7 Å². The molecule has 2 aromatic heterocycles. The third-order valence-corrected chi connectivity index (χ3v) is 2.68. The van der Waals surface area contributed by atoms with Gasteiger partial charge in [-0.25, -0.2) is 4.79 Å². The Balaban J connectivity index is 2.29. The van der Waals surface area contributed by atoms with Gasteiger partial charge in [0.2, 0.25) is 0 Å². The number of methoxy groups -OCH3 is 1. The number of ether oxygens (including phenoxy) is 1. The number of fused-ring (bicyclic) bond motifs is 1. The van der Waals surface area contributed by atoms with Crippen LogP contribution in [-0.2, 0) is 11.2 Å². The second kappa shape index (κ2) is 5.14. The molecule has 0 radical (unpaired) electrons. The van der Waals surface area contributed by atoms with Crippen LogP contribution in [0.3, 0.4) is 0 Å². The SMILES string of the molecule is COC(=O)c1ccn2c(CCN(C)C)nnc2c1. The molecule has 2 rings (SSSR count). The van der Waals surface area contributed by atoms with Gasteiger partial charge in [0, 0.05) is 19.2 Å². The lowest BCUT2D eigenvalue weighted by molar-refractivity contribution is 0.0600. The van der Waals surface area contributed by atoms with Crippen molar-refractivity contribution < 1.29 is 9.53 Å². The smallest absolute Gasteiger partial charge is 0.338 e. The second-order valence-electron chi connectivity index (χ2n) is 4.30. The lowest BCUT2D eigenvalue weighted by Gasteiger charge is -2.07. The van der Waals surface area contributed by atoms with E-state index in [4.69, 9.17) is 0 Å². The van der Waals surface area contributed by atoms with E-state index in [0.29, 0.717) is 11.2 Å². The average Bonchev–Trinajstić information content (AvgIpc) is 2.77. The third kappa shape index (κ3) is 2.48. The summed E-state index contributed by atoms with van der Waals surface area (Å²) in [5.74, 6) is 0.519. The summed E-state index contributed by atoms with van der Waals surface area (Å²) in [6.07, 6.45) is 2.61. The summed E-state index contributed by atoms with van der Waals surface area (Å²) in [6, 6.07) is 3.39. The Labute approximate surface area is 105 Å². The van der Waals surface area contributed by atoms with Crippen molar-refractivity contribution in [2.75, 3.05) is 27.7 Å². The molecule has 6 heteroatoms. The van der Waals surface area contributed by atoms with Gasteiger partial charge in [-0.1, -0.05) is 0 Å². The van der Waals surface area contributed by atoms with Crippen LogP contribution in [-0.4, -0.2) is 53.2 Å². The topological polar surface area (TPSA) is 59.7 Å². The lowest BCUT2D eigenvalue weighted by atomic mass is 10.2. The Morgan fingerprint density at radius 3 is 2.89 bits per heavy atom. The summed E-state index contributed by atoms with van der Waals surface area (Å²) in [5, 5.41) is 8.19. The zero-order chi connectivity index (χ0) is 13.1. The van der Waals surface area contributed by atoms with Gasteiger partial charge in [0.25, 0.3) is 0 Å². The molecule has 0 unspecified atom stereocenters. The number of hydrogen-bond donors (Lipinski definition) is 0. The molecule has 0 amide bonds. The standard InChI is InChI=1S/C12H16N4O2/c1-15(2)6-5-10-13-14-11-8-9(12(17)18-3)4-7-16(10)11/h4,7-8H,5-6H2,1-3H3. The molecule has 0 N–H and O–H groups in total. The zero-order valence-corrected chi connectivity index (χ0v) is 10.8. The molecule has 2 aromatic rings. The average molecular weight is 248 g/mol. The van der Waals surface area contributed by atoms with Gasteiger partial charge < -0.3 is 9.64 Å². The Kier molecular flexibility index (Phi) is 3.57. The molecule has 0 saturated heterocycles. The first-order chi connectivity index (χ1) is 8.61. The van der Waals surface area contributed by atoms with Crippen LogP contribution < -0.4 is 0 Å². The minimum atomic E-state index is -0.365. The van der Waals surface area contributed by atoms with Gasteiger partial charge in [-0.2, -0.15) is 0 Å². The van der Waals surface area contributed by atoms with Crippen molar-refractivity contribution in [2.45, 2.75) is 6.42 Å². The number of esters is 1. The highest BCUT2D eigenvalue weighted by Crippen LogP contribution is 2.09. The molecule has 0 bridgehead atoms. The van der Waals surface area contributed by atoms with Crippen LogP contribution in [0, 0.1) is 0 Å². The van der Waals surface area contributed by atoms with E-state index in [-0.39, 0.29) is 5.97 Å². The molecule has 0 spiro atoms. The summed E-state index contributed by atoms with van der Waals surface area (Å²) in [4.78, 5) is 13.5. The minimum Gasteiger partial charge on any atom is -0.465 e. The fourth-order valence-corrected chi connectivity index (χ4v) is 1.68. The number of aromatic nitrogens is 3. The Morgan fingerprint density at radius 2 is 2.22 bits per heavy atom. The van der Waals surface area contributed by atoms with Crippen LogP contribution in [0.15, 0.2) is 18.3 Å². The molecule has 0 aliphatic rings. The summed E-state index contributed by atoms with van der Waals surface area (Å²) >= 11 is 0. The van der Waals surface area contributed by atoms with Crippen LogP contribution in [0.2, 0.25) is 0 Å². The molecular formula is C12H16N4O2. The molecule has 0 aliphatic heterocycles. The monoisotopic (exact) mass is 248 g/mol. The molecule has 18 heavy (non-hydrogen) atoms. The van der Waals surface area contributed by atoms with Crippen LogP contribution in [0.5, 0.6) is 0 Å². The van der Waals surface area contributed by atoms with Gasteiger partial charge in [0.15, 0.2) is 5.65 Å². The van der Waals surface area contributed by atoms with Crippen molar-refractivity contribution in [1.82, 2.24) is 19.5 Å². The fraction of sp³-hybridized carbons (Fsp3) is 0.417. The van der Waals surface area contributed by atoms with E-state index < -0.39 is 0 Å². The zero-order valence-electron chi connectivity index (χ0n) is 10.8. The molecule has 0 atom stereocenters. The largest absolute Gasteiger partial charge is 0.465 e. The Hall–Kier alpha value is -1.95. The first-order valence-corrected chi connectivity index (χ1v) is 5.68. The first kappa shape index (κ1) is 12.5. The van der Waals surface area contributed by atoms with E-state index in [1.165, 1.54) is 7.11 Å². The lowest BCUT2D eigenvalue weighted by Crippen LogP contribution is -2.16. The van der Waals surface area contributed by atoms with Gasteiger partial charge in [-0.3, -0.25) is 4.40 Å². The summed E-state index contributed by atoms with van der Waals surface area (Å²) in [6.45, 7) is 0.902. The van der Waals surface area contributed by atoms with E-state index in [0.717, 1.165) is 18.8 Å². The number of pyridine rings is 1. The maximum absolute atomic E-state index is 11.4. The number of carbonyl (C=O) groups excluding carboxylic acids is 1. The van der Waals surface area contributed by atoms with E-state index in [1.807, 2.05) is 18.5 Å². The number of carbonyl (C=O) groups is 1. The molecule has 0 fully saturated rings. The predicted molar refractivity (Wildman–Crippen MR) is 66.6 cm³/mol. The van der Waals surface area contributed by atoms with Crippen LogP contribution in [0.25, 0.3) is 5.65 Å². The van der Waals surface area contributed by atoms with Crippen molar-refractivity contribution in [3.05, 3.63) is 29.7 Å². The number of likely N-dealkylation sites (N-methyl/N-ethyl adjacent to an activating group) is 1. The highest BCUT2D eigenvalue weighted by molar-refractivity contribution is 5.90. The first-order valence-electron chi connectivity index (χ1n) is 5.68. The van der Waals surface area contributed by atoms with Gasteiger partial charge in [-0.15, -0.1) is 10.2 Å². The van der Waals surface area contributed by atoms with Gasteiger partial charge >= 0.3 is 5.97 Å². The van der Waals surface area contributed by atoms with Crippen molar-refractivity contribution >= 4 is 11.6 Å². The Morgan fingerprint density at radius 1 is 1.44 bits per heavy atom. The second-order valence-corrected chi connectivity index (χ2v) is 4.30. The van der Waals surface area contributed by atoms with E-state index >= 15 is 0 Å². The van der Waals surface area contributed by atoms with E-state index in [1.54, 1.807) is 18.3 Å². The number of nitrogens with zero attached hydrogens (tertiary/aromatic N) is 4. The van der Waals surface area contributed by atoms with Gasteiger partial charge in [-0.05, 0) is 26.2 Å². The van der Waals surface area contributed by atoms with E-state index in [2.05, 4.69) is 19.8 Å². The number of hydrogen-bond acceptors (Lipinski definition) is 5. The third-order valence-electron chi connectivity index (χ3n) is 2.68. The summed E-state index contributed by atoms with van der Waals surface area (Å²) in [5.41, 5.74) is 1.14. The molecule has 96 valence electrons. The quantitative estimate of drug-likeness (QED) is 0.742. The van der Waals surface area contributed by atoms with Crippen molar-refractivity contribution in [3.8, 4) is 0 Å². The summed E-state index contributed by atoms with van der Waals surface area (Å²) in [7, 11) is 5.38. The fourth-order valence-electron chi connectivity index (χ4n) is 1.68. The minimum absolute atomic E-state index is 0.365. The van der Waals surface area contributed by atoms with Crippen LogP contribution in [0.1, 0.15) is 16.2 Å². The molecule has 6 nitrogen and oxygen atoms in total. The molecule has 0 aromatic carbocycles. The van der Waals surface area contributed by atoms with Crippen molar-refractivity contribution in [3.63, 3.8) is 0 Å². The normalized spacial score (nSPS) is 11.1. The van der Waals surface area contributed by atoms with E-state index in [9.17, 15) is 4.79 Å². The molecule has 0 saturated carbocycles. The maximum atomic E-state index is 11.4. The van der Waals surface area contributed by atoms with Crippen molar-refractivity contribution in [2.24, 2.45) is 0 Å². The molecule has 0 aliphatic carbocycles. The van der Waals surface area contributed by atoms with Crippen LogP contribution in [0.4, 0.5) is 0 Å². The molecule has 2 heterocycles. The molecular weight excluding hydrogens is 232 g/mol. The highest BCUT2D eigenvalue weighted by Gasteiger charge is 2.10. The Bertz CT molecular complexity index is 562. The predicted octanol–water partition coefficient (Wildman–Crippen LogP) is 0.620. The number of rotatable bonds is 4. The summed E-state index contributed by atoms with van der Waals surface area (Å²) < 4.78 is 6.55. The highest BCUT2D eigenvalue weighted by atomic mass is 16.5. The van der Waals surface area contributed by atoms with Crippen molar-refractivity contribution in [1.29, 1.82) is 0 Å². The van der Waals surface area contributed by atoms with Crippen LogP contribution >= 0.6 is 0 Å². The maximum Gasteiger partial charge on any atom is 0.338 e.